The van der Waals surface area contributed by atoms with E-state index in [9.17, 15) is 8.78 Å². The number of hydrogen-bond acceptors (Lipinski definition) is 2. The van der Waals surface area contributed by atoms with Gasteiger partial charge in [0.15, 0.2) is 0 Å². The summed E-state index contributed by atoms with van der Waals surface area (Å²) >= 11 is 5.91. The fourth-order valence-electron chi connectivity index (χ4n) is 1.80. The molecule has 0 bridgehead atoms. The van der Waals surface area contributed by atoms with E-state index in [0.29, 0.717) is 10.8 Å². The fraction of sp³-hybridized carbons (Fsp3) is 0.200. The third-order valence-electron chi connectivity index (χ3n) is 2.86. The molecule has 0 spiro atoms. The van der Waals surface area contributed by atoms with Gasteiger partial charge in [0, 0.05) is 28.3 Å². The average molecular weight is 298 g/mol. The van der Waals surface area contributed by atoms with Crippen LogP contribution in [0.25, 0.3) is 0 Å². The lowest BCUT2D eigenvalue weighted by molar-refractivity contribution is 0.295. The Morgan fingerprint density at radius 1 is 1.20 bits per heavy atom. The molecule has 0 saturated carbocycles. The van der Waals surface area contributed by atoms with Crippen molar-refractivity contribution >= 4 is 11.6 Å². The van der Waals surface area contributed by atoms with E-state index in [1.165, 1.54) is 12.1 Å². The summed E-state index contributed by atoms with van der Waals surface area (Å²) in [6, 6.07) is 8.17. The largest absolute Gasteiger partial charge is 0.488 e. The van der Waals surface area contributed by atoms with Crippen molar-refractivity contribution in [3.63, 3.8) is 0 Å². The van der Waals surface area contributed by atoms with Crippen LogP contribution < -0.4 is 10.5 Å². The molecule has 2 aromatic carbocycles. The van der Waals surface area contributed by atoms with Gasteiger partial charge in [-0.25, -0.2) is 8.78 Å². The zero-order valence-electron chi connectivity index (χ0n) is 10.9. The Morgan fingerprint density at radius 3 is 2.60 bits per heavy atom. The summed E-state index contributed by atoms with van der Waals surface area (Å²) in [6.45, 7) is 1.80. The van der Waals surface area contributed by atoms with E-state index < -0.39 is 11.6 Å². The Bertz CT molecular complexity index is 617. The highest BCUT2D eigenvalue weighted by Gasteiger charge is 2.11. The molecule has 0 saturated heterocycles. The minimum Gasteiger partial charge on any atom is -0.488 e. The summed E-state index contributed by atoms with van der Waals surface area (Å²) in [5.41, 5.74) is 6.85. The zero-order chi connectivity index (χ0) is 14.7. The van der Waals surface area contributed by atoms with Gasteiger partial charge in [0.1, 0.15) is 24.0 Å². The molecule has 0 aromatic heterocycles. The summed E-state index contributed by atoms with van der Waals surface area (Å²) in [6.07, 6.45) is 0. The first-order chi connectivity index (χ1) is 9.47. The van der Waals surface area contributed by atoms with E-state index in [4.69, 9.17) is 22.1 Å². The Hall–Kier alpha value is -1.65. The highest BCUT2D eigenvalue weighted by Crippen LogP contribution is 2.28. The molecule has 0 radical (unpaired) electrons. The maximum Gasteiger partial charge on any atom is 0.132 e. The average Bonchev–Trinajstić information content (AvgIpc) is 2.38. The molecule has 0 amide bonds. The van der Waals surface area contributed by atoms with Crippen molar-refractivity contribution in [3.8, 4) is 5.75 Å². The number of rotatable bonds is 4. The van der Waals surface area contributed by atoms with Gasteiger partial charge in [-0.15, -0.1) is 0 Å². The molecule has 0 fully saturated rings. The van der Waals surface area contributed by atoms with Crippen molar-refractivity contribution in [2.75, 3.05) is 0 Å². The number of benzene rings is 2. The van der Waals surface area contributed by atoms with Gasteiger partial charge in [0.05, 0.1) is 0 Å². The van der Waals surface area contributed by atoms with Gasteiger partial charge in [-0.1, -0.05) is 11.6 Å². The van der Waals surface area contributed by atoms with Crippen molar-refractivity contribution in [2.45, 2.75) is 19.6 Å². The van der Waals surface area contributed by atoms with Crippen LogP contribution in [0.4, 0.5) is 8.78 Å². The van der Waals surface area contributed by atoms with Gasteiger partial charge in [-0.3, -0.25) is 0 Å². The fourth-order valence-corrected chi connectivity index (χ4v) is 1.98. The lowest BCUT2D eigenvalue weighted by atomic mass is 10.1. The van der Waals surface area contributed by atoms with Crippen LogP contribution >= 0.6 is 11.6 Å². The van der Waals surface area contributed by atoms with Crippen molar-refractivity contribution in [1.82, 2.24) is 0 Å². The van der Waals surface area contributed by atoms with Crippen LogP contribution in [0.2, 0.25) is 5.02 Å². The van der Waals surface area contributed by atoms with Gasteiger partial charge in [0.2, 0.25) is 0 Å². The molecule has 1 atom stereocenters. The first-order valence-corrected chi connectivity index (χ1v) is 6.47. The van der Waals surface area contributed by atoms with Gasteiger partial charge < -0.3 is 10.5 Å². The van der Waals surface area contributed by atoms with Gasteiger partial charge in [-0.2, -0.15) is 0 Å². The SMILES string of the molecule is C[C@@H](N)c1cc(Cl)ccc1OCc1ccc(F)cc1F. The van der Waals surface area contributed by atoms with Crippen molar-refractivity contribution in [2.24, 2.45) is 5.73 Å². The van der Waals surface area contributed by atoms with Crippen molar-refractivity contribution < 1.29 is 13.5 Å². The smallest absolute Gasteiger partial charge is 0.132 e. The predicted octanol–water partition coefficient (Wildman–Crippen LogP) is 4.22. The monoisotopic (exact) mass is 297 g/mol. The molecule has 5 heteroatoms. The van der Waals surface area contributed by atoms with Crippen molar-refractivity contribution in [3.05, 3.63) is 64.2 Å². The molecule has 0 aliphatic carbocycles. The predicted molar refractivity (Wildman–Crippen MR) is 74.7 cm³/mol. The second kappa shape index (κ2) is 6.20. The minimum absolute atomic E-state index is 0.00648. The topological polar surface area (TPSA) is 35.2 Å². The summed E-state index contributed by atoms with van der Waals surface area (Å²) < 4.78 is 31.9. The maximum atomic E-state index is 13.5. The van der Waals surface area contributed by atoms with Gasteiger partial charge in [-0.05, 0) is 37.3 Å². The Morgan fingerprint density at radius 2 is 1.95 bits per heavy atom. The van der Waals surface area contributed by atoms with Crippen LogP contribution in [0.1, 0.15) is 24.1 Å². The molecule has 0 aliphatic rings. The molecular formula is C15H14ClF2NO. The number of hydrogen-bond donors (Lipinski definition) is 1. The first-order valence-electron chi connectivity index (χ1n) is 6.09. The molecule has 0 heterocycles. The molecule has 2 nitrogen and oxygen atoms in total. The summed E-state index contributed by atoms with van der Waals surface area (Å²) in [4.78, 5) is 0. The maximum absolute atomic E-state index is 13.5. The quantitative estimate of drug-likeness (QED) is 0.917. The van der Waals surface area contributed by atoms with Gasteiger partial charge >= 0.3 is 0 Å². The number of halogens is 3. The van der Waals surface area contributed by atoms with E-state index in [-0.39, 0.29) is 18.2 Å². The molecule has 0 unspecified atom stereocenters. The Kier molecular flexibility index (Phi) is 4.57. The van der Waals surface area contributed by atoms with Crippen LogP contribution in [0.5, 0.6) is 5.75 Å². The molecular weight excluding hydrogens is 284 g/mol. The zero-order valence-corrected chi connectivity index (χ0v) is 11.6. The lowest BCUT2D eigenvalue weighted by Crippen LogP contribution is -2.08. The minimum atomic E-state index is -0.638. The first kappa shape index (κ1) is 14.8. The van der Waals surface area contributed by atoms with E-state index in [0.717, 1.165) is 11.6 Å². The normalized spacial score (nSPS) is 12.2. The van der Waals surface area contributed by atoms with Crippen LogP contribution in [0.3, 0.4) is 0 Å². The highest BCUT2D eigenvalue weighted by molar-refractivity contribution is 6.30. The molecule has 20 heavy (non-hydrogen) atoms. The Labute approximate surface area is 121 Å². The van der Waals surface area contributed by atoms with E-state index in [1.807, 2.05) is 0 Å². The van der Waals surface area contributed by atoms with Crippen LogP contribution in [-0.2, 0) is 6.61 Å². The highest BCUT2D eigenvalue weighted by atomic mass is 35.5. The summed E-state index contributed by atoms with van der Waals surface area (Å²) in [5.74, 6) is -0.719. The molecule has 106 valence electrons. The summed E-state index contributed by atoms with van der Waals surface area (Å²) in [7, 11) is 0. The van der Waals surface area contributed by atoms with Crippen LogP contribution in [0, 0.1) is 11.6 Å². The lowest BCUT2D eigenvalue weighted by Gasteiger charge is -2.14. The van der Waals surface area contributed by atoms with Gasteiger partial charge in [0.25, 0.3) is 0 Å². The molecule has 2 rings (SSSR count). The standard InChI is InChI=1S/C15H14ClF2NO/c1-9(19)13-6-11(16)3-5-15(13)20-8-10-2-4-12(17)7-14(10)18/h2-7,9H,8,19H2,1H3/t9-/m1/s1. The third-order valence-corrected chi connectivity index (χ3v) is 3.10. The number of nitrogens with two attached hydrogens (primary N) is 1. The number of ether oxygens (including phenoxy) is 1. The molecule has 0 aliphatic heterocycles. The van der Waals surface area contributed by atoms with Crippen molar-refractivity contribution in [1.29, 1.82) is 0 Å². The second-order valence-electron chi connectivity index (χ2n) is 4.50. The van der Waals surface area contributed by atoms with E-state index >= 15 is 0 Å². The summed E-state index contributed by atoms with van der Waals surface area (Å²) in [5, 5.41) is 0.553. The van der Waals surface area contributed by atoms with E-state index in [1.54, 1.807) is 25.1 Å². The van der Waals surface area contributed by atoms with Crippen LogP contribution in [-0.4, -0.2) is 0 Å². The third kappa shape index (κ3) is 3.46. The molecule has 2 aromatic rings. The van der Waals surface area contributed by atoms with Crippen LogP contribution in [0.15, 0.2) is 36.4 Å². The molecule has 2 N–H and O–H groups in total. The Balaban J connectivity index is 2.18. The van der Waals surface area contributed by atoms with E-state index in [2.05, 4.69) is 0 Å². The second-order valence-corrected chi connectivity index (χ2v) is 4.93.